The fourth-order valence-corrected chi connectivity index (χ4v) is 3.13. The summed E-state index contributed by atoms with van der Waals surface area (Å²) < 4.78 is 45.5. The molecule has 0 bridgehead atoms. The van der Waals surface area contributed by atoms with Gasteiger partial charge in [0.05, 0.1) is 23.7 Å². The number of alkyl halides is 3. The van der Waals surface area contributed by atoms with E-state index in [1.54, 1.807) is 24.3 Å². The molecule has 1 fully saturated rings. The van der Waals surface area contributed by atoms with Crippen molar-refractivity contribution in [3.05, 3.63) is 65.2 Å². The van der Waals surface area contributed by atoms with Crippen molar-refractivity contribution >= 4 is 11.9 Å². The molecule has 0 aromatic heterocycles. The molecule has 0 saturated carbocycles. The van der Waals surface area contributed by atoms with E-state index in [9.17, 15) is 22.8 Å². The number of ether oxygens (including phenoxy) is 1. The zero-order valence-corrected chi connectivity index (χ0v) is 15.3. The Morgan fingerprint density at radius 2 is 1.79 bits per heavy atom. The van der Waals surface area contributed by atoms with Crippen molar-refractivity contribution in [2.75, 3.05) is 13.2 Å². The maximum absolute atomic E-state index is 13.4. The molecule has 1 aliphatic heterocycles. The highest BCUT2D eigenvalue weighted by atomic mass is 19.4. The SMILES string of the molecule is C[C@@]1(c2ccccc2C(F)(F)F)NC(=O)N(CCOc2ccc(C#N)cc2)C1=O. The lowest BCUT2D eigenvalue weighted by Gasteiger charge is -2.25. The molecule has 1 atom stereocenters. The fraction of sp³-hybridized carbons (Fsp3) is 0.250. The number of hydrogen-bond donors (Lipinski definition) is 1. The first kappa shape index (κ1) is 20.2. The lowest BCUT2D eigenvalue weighted by atomic mass is 9.88. The van der Waals surface area contributed by atoms with Gasteiger partial charge in [-0.2, -0.15) is 18.4 Å². The van der Waals surface area contributed by atoms with Crippen LogP contribution in [-0.2, 0) is 16.5 Å². The molecule has 1 aliphatic rings. The van der Waals surface area contributed by atoms with Crippen LogP contribution in [0.25, 0.3) is 0 Å². The van der Waals surface area contributed by atoms with Gasteiger partial charge in [-0.1, -0.05) is 18.2 Å². The minimum atomic E-state index is -4.67. The average molecular weight is 403 g/mol. The lowest BCUT2D eigenvalue weighted by Crippen LogP contribution is -2.42. The Morgan fingerprint density at radius 1 is 1.14 bits per heavy atom. The van der Waals surface area contributed by atoms with Crippen LogP contribution in [0.4, 0.5) is 18.0 Å². The highest BCUT2D eigenvalue weighted by molar-refractivity contribution is 6.07. The van der Waals surface area contributed by atoms with E-state index >= 15 is 0 Å². The number of hydrogen-bond acceptors (Lipinski definition) is 4. The summed E-state index contributed by atoms with van der Waals surface area (Å²) in [5, 5.41) is 11.1. The smallest absolute Gasteiger partial charge is 0.416 e. The molecule has 150 valence electrons. The number of nitriles is 1. The van der Waals surface area contributed by atoms with Crippen LogP contribution in [0.2, 0.25) is 0 Å². The lowest BCUT2D eigenvalue weighted by molar-refractivity contribution is -0.140. The summed E-state index contributed by atoms with van der Waals surface area (Å²) in [5.41, 5.74) is -2.68. The third-order valence-electron chi connectivity index (χ3n) is 4.61. The Bertz CT molecular complexity index is 983. The van der Waals surface area contributed by atoms with E-state index in [1.807, 2.05) is 6.07 Å². The summed E-state index contributed by atoms with van der Waals surface area (Å²) in [7, 11) is 0. The molecule has 1 N–H and O–H groups in total. The molecule has 3 amide bonds. The maximum atomic E-state index is 13.4. The van der Waals surface area contributed by atoms with Gasteiger partial charge >= 0.3 is 12.2 Å². The summed E-state index contributed by atoms with van der Waals surface area (Å²) in [6.07, 6.45) is -4.67. The molecule has 1 heterocycles. The van der Waals surface area contributed by atoms with Crippen molar-refractivity contribution in [1.82, 2.24) is 10.2 Å². The van der Waals surface area contributed by atoms with Crippen molar-refractivity contribution < 1.29 is 27.5 Å². The van der Waals surface area contributed by atoms with Crippen LogP contribution in [0.5, 0.6) is 5.75 Å². The number of halogens is 3. The van der Waals surface area contributed by atoms with E-state index in [4.69, 9.17) is 10.00 Å². The molecule has 2 aromatic rings. The molecule has 2 aromatic carbocycles. The highest BCUT2D eigenvalue weighted by Crippen LogP contribution is 2.39. The molecular weight excluding hydrogens is 387 g/mol. The molecule has 3 rings (SSSR count). The Morgan fingerprint density at radius 3 is 2.41 bits per heavy atom. The second kappa shape index (κ2) is 7.47. The highest BCUT2D eigenvalue weighted by Gasteiger charge is 2.52. The number of urea groups is 1. The second-order valence-corrected chi connectivity index (χ2v) is 6.54. The Labute approximate surface area is 164 Å². The van der Waals surface area contributed by atoms with Crippen molar-refractivity contribution in [1.29, 1.82) is 5.26 Å². The van der Waals surface area contributed by atoms with Gasteiger partial charge in [0, 0.05) is 0 Å². The first-order valence-corrected chi connectivity index (χ1v) is 8.60. The predicted octanol–water partition coefficient (Wildman–Crippen LogP) is 3.42. The first-order chi connectivity index (χ1) is 13.7. The van der Waals surface area contributed by atoms with Crippen molar-refractivity contribution in [3.63, 3.8) is 0 Å². The number of amides is 3. The topological polar surface area (TPSA) is 82.4 Å². The van der Waals surface area contributed by atoms with E-state index in [0.29, 0.717) is 11.3 Å². The van der Waals surface area contributed by atoms with Gasteiger partial charge in [0.2, 0.25) is 0 Å². The maximum Gasteiger partial charge on any atom is 0.416 e. The molecule has 0 aliphatic carbocycles. The standard InChI is InChI=1S/C20H16F3N3O3/c1-19(15-4-2-3-5-16(15)20(21,22)23)17(27)26(18(28)25-19)10-11-29-14-8-6-13(12-24)7-9-14/h2-9H,10-11H2,1H3,(H,25,28)/t19-/m0/s1. The molecule has 0 radical (unpaired) electrons. The van der Waals surface area contributed by atoms with Crippen LogP contribution in [0.1, 0.15) is 23.6 Å². The van der Waals surface area contributed by atoms with Crippen LogP contribution in [0.15, 0.2) is 48.5 Å². The normalized spacial score (nSPS) is 19.1. The van der Waals surface area contributed by atoms with E-state index in [-0.39, 0.29) is 18.7 Å². The molecule has 0 unspecified atom stereocenters. The van der Waals surface area contributed by atoms with Gasteiger partial charge in [0.25, 0.3) is 5.91 Å². The van der Waals surface area contributed by atoms with Gasteiger partial charge in [-0.3, -0.25) is 9.69 Å². The number of nitrogens with zero attached hydrogens (tertiary/aromatic N) is 2. The van der Waals surface area contributed by atoms with Gasteiger partial charge in [-0.05, 0) is 42.8 Å². The van der Waals surface area contributed by atoms with Gasteiger partial charge in [0.1, 0.15) is 17.9 Å². The molecule has 6 nitrogen and oxygen atoms in total. The summed E-state index contributed by atoms with van der Waals surface area (Å²) in [6.45, 7) is 1.05. The zero-order chi connectivity index (χ0) is 21.2. The first-order valence-electron chi connectivity index (χ1n) is 8.60. The van der Waals surface area contributed by atoms with Gasteiger partial charge < -0.3 is 10.1 Å². The predicted molar refractivity (Wildman–Crippen MR) is 95.7 cm³/mol. The molecule has 9 heteroatoms. The van der Waals surface area contributed by atoms with E-state index in [2.05, 4.69) is 5.32 Å². The van der Waals surface area contributed by atoms with Crippen LogP contribution < -0.4 is 10.1 Å². The third kappa shape index (κ3) is 3.87. The minimum absolute atomic E-state index is 0.0535. The second-order valence-electron chi connectivity index (χ2n) is 6.54. The van der Waals surface area contributed by atoms with E-state index in [0.717, 1.165) is 11.0 Å². The van der Waals surface area contributed by atoms with Crippen molar-refractivity contribution in [2.24, 2.45) is 0 Å². The molecular formula is C20H16F3N3O3. The molecule has 0 spiro atoms. The summed E-state index contributed by atoms with van der Waals surface area (Å²) in [6, 6.07) is 12.1. The van der Waals surface area contributed by atoms with Crippen molar-refractivity contribution in [3.8, 4) is 11.8 Å². The Balaban J connectivity index is 1.75. The fourth-order valence-electron chi connectivity index (χ4n) is 3.13. The van der Waals surface area contributed by atoms with Crippen LogP contribution in [0, 0.1) is 11.3 Å². The van der Waals surface area contributed by atoms with Crippen LogP contribution in [0.3, 0.4) is 0 Å². The number of benzene rings is 2. The minimum Gasteiger partial charge on any atom is -0.492 e. The summed E-state index contributed by atoms with van der Waals surface area (Å²) in [5.74, 6) is -0.358. The monoisotopic (exact) mass is 403 g/mol. The van der Waals surface area contributed by atoms with E-state index < -0.39 is 29.2 Å². The number of nitrogens with one attached hydrogen (secondary N) is 1. The molecule has 1 saturated heterocycles. The quantitative estimate of drug-likeness (QED) is 0.776. The Kier molecular flexibility index (Phi) is 5.20. The number of carbonyl (C=O) groups excluding carboxylic acids is 2. The average Bonchev–Trinajstić information content (AvgIpc) is 2.91. The summed E-state index contributed by atoms with van der Waals surface area (Å²) >= 11 is 0. The number of rotatable bonds is 5. The van der Waals surface area contributed by atoms with Crippen LogP contribution in [-0.4, -0.2) is 30.0 Å². The third-order valence-corrected chi connectivity index (χ3v) is 4.61. The van der Waals surface area contributed by atoms with Crippen molar-refractivity contribution in [2.45, 2.75) is 18.6 Å². The van der Waals surface area contributed by atoms with Gasteiger partial charge in [-0.25, -0.2) is 4.79 Å². The number of carbonyl (C=O) groups is 2. The van der Waals surface area contributed by atoms with E-state index in [1.165, 1.54) is 25.1 Å². The largest absolute Gasteiger partial charge is 0.492 e. The summed E-state index contributed by atoms with van der Waals surface area (Å²) in [4.78, 5) is 25.9. The van der Waals surface area contributed by atoms with Gasteiger partial charge in [0.15, 0.2) is 0 Å². The van der Waals surface area contributed by atoms with Gasteiger partial charge in [-0.15, -0.1) is 0 Å². The Hall–Kier alpha value is -3.54. The number of imide groups is 1. The van der Waals surface area contributed by atoms with Crippen LogP contribution >= 0.6 is 0 Å². The zero-order valence-electron chi connectivity index (χ0n) is 15.3. The molecule has 29 heavy (non-hydrogen) atoms.